The van der Waals surface area contributed by atoms with Crippen LogP contribution >= 0.6 is 0 Å². The van der Waals surface area contributed by atoms with E-state index in [0.717, 1.165) is 18.4 Å². The molecule has 0 saturated carbocycles. The first-order chi connectivity index (χ1) is 8.60. The zero-order valence-electron chi connectivity index (χ0n) is 11.6. The van der Waals surface area contributed by atoms with Crippen molar-refractivity contribution in [3.8, 4) is 0 Å². The molecule has 1 aliphatic carbocycles. The Bertz CT molecular complexity index is 429. The molecule has 0 fully saturated rings. The summed E-state index contributed by atoms with van der Waals surface area (Å²) in [4.78, 5) is 0. The SMILES string of the molecule is Cc1cccc(C(C)(O)/C2=C/CCCCCC2)c1. The Labute approximate surface area is 111 Å². The van der Waals surface area contributed by atoms with Crippen LogP contribution in [0.4, 0.5) is 0 Å². The van der Waals surface area contributed by atoms with Crippen LogP contribution < -0.4 is 0 Å². The summed E-state index contributed by atoms with van der Waals surface area (Å²) in [6, 6.07) is 8.24. The van der Waals surface area contributed by atoms with Gasteiger partial charge < -0.3 is 5.11 Å². The fourth-order valence-electron chi connectivity index (χ4n) is 2.77. The second kappa shape index (κ2) is 5.71. The van der Waals surface area contributed by atoms with Gasteiger partial charge in [-0.1, -0.05) is 48.7 Å². The molecule has 1 unspecified atom stereocenters. The summed E-state index contributed by atoms with van der Waals surface area (Å²) in [5.41, 5.74) is 2.63. The molecule has 1 nitrogen and oxygen atoms in total. The highest BCUT2D eigenvalue weighted by Crippen LogP contribution is 2.34. The van der Waals surface area contributed by atoms with Gasteiger partial charge in [0.1, 0.15) is 5.60 Å². The highest BCUT2D eigenvalue weighted by Gasteiger charge is 2.27. The molecule has 18 heavy (non-hydrogen) atoms. The zero-order chi connectivity index (χ0) is 13.0. The van der Waals surface area contributed by atoms with Gasteiger partial charge >= 0.3 is 0 Å². The molecule has 1 aliphatic rings. The third-order valence-corrected chi connectivity index (χ3v) is 4.00. The third kappa shape index (κ3) is 3.02. The lowest BCUT2D eigenvalue weighted by Gasteiger charge is -2.29. The van der Waals surface area contributed by atoms with Crippen molar-refractivity contribution in [2.75, 3.05) is 0 Å². The second-order valence-electron chi connectivity index (χ2n) is 5.62. The van der Waals surface area contributed by atoms with Gasteiger partial charge in [0.2, 0.25) is 0 Å². The third-order valence-electron chi connectivity index (χ3n) is 4.00. The number of benzene rings is 1. The summed E-state index contributed by atoms with van der Waals surface area (Å²) >= 11 is 0. The average molecular weight is 244 g/mol. The fraction of sp³-hybridized carbons (Fsp3) is 0.529. The summed E-state index contributed by atoms with van der Waals surface area (Å²) in [5, 5.41) is 10.9. The number of aliphatic hydroxyl groups is 1. The Balaban J connectivity index is 2.28. The molecule has 2 rings (SSSR count). The van der Waals surface area contributed by atoms with Gasteiger partial charge in [0.25, 0.3) is 0 Å². The van der Waals surface area contributed by atoms with Gasteiger partial charge in [-0.15, -0.1) is 0 Å². The van der Waals surface area contributed by atoms with Crippen LogP contribution in [0.5, 0.6) is 0 Å². The lowest BCUT2D eigenvalue weighted by Crippen LogP contribution is -2.24. The van der Waals surface area contributed by atoms with E-state index in [1.165, 1.54) is 36.8 Å². The fourth-order valence-corrected chi connectivity index (χ4v) is 2.77. The van der Waals surface area contributed by atoms with E-state index in [2.05, 4.69) is 25.1 Å². The van der Waals surface area contributed by atoms with E-state index in [1.54, 1.807) is 0 Å². The lowest BCUT2D eigenvalue weighted by molar-refractivity contribution is 0.0922. The Kier molecular flexibility index (Phi) is 4.23. The summed E-state index contributed by atoms with van der Waals surface area (Å²) < 4.78 is 0. The number of allylic oxidation sites excluding steroid dienone is 1. The van der Waals surface area contributed by atoms with Crippen molar-refractivity contribution in [3.05, 3.63) is 47.0 Å². The van der Waals surface area contributed by atoms with E-state index in [0.29, 0.717) is 0 Å². The topological polar surface area (TPSA) is 20.2 Å². The van der Waals surface area contributed by atoms with Crippen LogP contribution in [0, 0.1) is 6.92 Å². The largest absolute Gasteiger partial charge is 0.381 e. The van der Waals surface area contributed by atoms with Gasteiger partial charge in [0.05, 0.1) is 0 Å². The standard InChI is InChI=1S/C17H24O/c1-14-9-8-12-16(13-14)17(2,18)15-10-6-4-3-5-7-11-15/h8-10,12-13,18H,3-7,11H2,1-2H3/b15-10+. The predicted molar refractivity (Wildman–Crippen MR) is 76.5 cm³/mol. The molecule has 1 aromatic carbocycles. The molecular weight excluding hydrogens is 220 g/mol. The van der Waals surface area contributed by atoms with E-state index in [9.17, 15) is 5.11 Å². The summed E-state index contributed by atoms with van der Waals surface area (Å²) in [5.74, 6) is 0. The Morgan fingerprint density at radius 3 is 2.67 bits per heavy atom. The smallest absolute Gasteiger partial charge is 0.108 e. The van der Waals surface area contributed by atoms with Gasteiger partial charge in [0.15, 0.2) is 0 Å². The number of rotatable bonds is 2. The molecule has 0 radical (unpaired) electrons. The summed E-state index contributed by atoms with van der Waals surface area (Å²) in [7, 11) is 0. The minimum absolute atomic E-state index is 0.802. The molecule has 0 aliphatic heterocycles. The first-order valence-corrected chi connectivity index (χ1v) is 7.10. The molecular formula is C17H24O. The van der Waals surface area contributed by atoms with Crippen molar-refractivity contribution in [2.45, 2.75) is 58.0 Å². The van der Waals surface area contributed by atoms with Crippen molar-refractivity contribution in [3.63, 3.8) is 0 Å². The van der Waals surface area contributed by atoms with E-state index >= 15 is 0 Å². The molecule has 98 valence electrons. The number of aryl methyl sites for hydroxylation is 1. The van der Waals surface area contributed by atoms with E-state index in [4.69, 9.17) is 0 Å². The van der Waals surface area contributed by atoms with Crippen LogP contribution in [0.25, 0.3) is 0 Å². The van der Waals surface area contributed by atoms with Crippen molar-refractivity contribution >= 4 is 0 Å². The van der Waals surface area contributed by atoms with Crippen LogP contribution in [-0.2, 0) is 5.60 Å². The van der Waals surface area contributed by atoms with Crippen molar-refractivity contribution in [1.29, 1.82) is 0 Å². The lowest BCUT2D eigenvalue weighted by atomic mass is 9.82. The zero-order valence-corrected chi connectivity index (χ0v) is 11.6. The Morgan fingerprint density at radius 1 is 1.11 bits per heavy atom. The predicted octanol–water partition coefficient (Wildman–Crippen LogP) is 4.48. The van der Waals surface area contributed by atoms with Crippen LogP contribution in [0.3, 0.4) is 0 Å². The molecule has 1 atom stereocenters. The van der Waals surface area contributed by atoms with Crippen LogP contribution in [0.15, 0.2) is 35.9 Å². The average Bonchev–Trinajstić information content (AvgIpc) is 2.27. The van der Waals surface area contributed by atoms with Crippen molar-refractivity contribution in [2.24, 2.45) is 0 Å². The quantitative estimate of drug-likeness (QED) is 0.760. The van der Waals surface area contributed by atoms with E-state index in [-0.39, 0.29) is 0 Å². The van der Waals surface area contributed by atoms with Gasteiger partial charge in [-0.05, 0) is 50.7 Å². The minimum Gasteiger partial charge on any atom is -0.381 e. The summed E-state index contributed by atoms with van der Waals surface area (Å²) in [6.07, 6.45) is 9.48. The van der Waals surface area contributed by atoms with Crippen LogP contribution in [-0.4, -0.2) is 5.11 Å². The maximum Gasteiger partial charge on any atom is 0.108 e. The maximum absolute atomic E-state index is 10.9. The highest BCUT2D eigenvalue weighted by molar-refractivity contribution is 5.34. The first kappa shape index (κ1) is 13.4. The highest BCUT2D eigenvalue weighted by atomic mass is 16.3. The van der Waals surface area contributed by atoms with Gasteiger partial charge in [0, 0.05) is 0 Å². The molecule has 0 spiro atoms. The normalized spacial score (nSPS) is 23.4. The van der Waals surface area contributed by atoms with Crippen molar-refractivity contribution < 1.29 is 5.11 Å². The van der Waals surface area contributed by atoms with E-state index < -0.39 is 5.60 Å². The number of hydrogen-bond acceptors (Lipinski definition) is 1. The molecule has 1 heteroatoms. The molecule has 1 aromatic rings. The Hall–Kier alpha value is -1.08. The monoisotopic (exact) mass is 244 g/mol. The molecule has 0 aromatic heterocycles. The number of hydrogen-bond donors (Lipinski definition) is 1. The van der Waals surface area contributed by atoms with Crippen LogP contribution in [0.1, 0.15) is 56.6 Å². The van der Waals surface area contributed by atoms with Gasteiger partial charge in [-0.25, -0.2) is 0 Å². The molecule has 1 N–H and O–H groups in total. The second-order valence-corrected chi connectivity index (χ2v) is 5.62. The summed E-state index contributed by atoms with van der Waals surface area (Å²) in [6.45, 7) is 4.02. The minimum atomic E-state index is -0.802. The Morgan fingerprint density at radius 2 is 1.89 bits per heavy atom. The van der Waals surface area contributed by atoms with E-state index in [1.807, 2.05) is 19.1 Å². The first-order valence-electron chi connectivity index (χ1n) is 7.10. The molecule has 0 saturated heterocycles. The van der Waals surface area contributed by atoms with Crippen molar-refractivity contribution in [1.82, 2.24) is 0 Å². The molecule has 0 heterocycles. The van der Waals surface area contributed by atoms with Crippen LogP contribution in [0.2, 0.25) is 0 Å². The van der Waals surface area contributed by atoms with Gasteiger partial charge in [-0.3, -0.25) is 0 Å². The molecule has 0 amide bonds. The van der Waals surface area contributed by atoms with Gasteiger partial charge in [-0.2, -0.15) is 0 Å². The maximum atomic E-state index is 10.9. The molecule has 0 bridgehead atoms.